The molecule has 1 radical (unpaired) electrons. The SMILES string of the molecule is C[C](C)C(C)(C)Cl. The maximum Gasteiger partial charge on any atom is 0.0447 e. The Bertz CT molecular complexity index is 49.7. The summed E-state index contributed by atoms with van der Waals surface area (Å²) in [6, 6.07) is 0. The van der Waals surface area contributed by atoms with E-state index < -0.39 is 0 Å². The third-order valence-corrected chi connectivity index (χ3v) is 1.57. The lowest BCUT2D eigenvalue weighted by atomic mass is 10.00. The summed E-state index contributed by atoms with van der Waals surface area (Å²) in [6.07, 6.45) is 0. The molecule has 7 heavy (non-hydrogen) atoms. The maximum absolute atomic E-state index is 5.83. The van der Waals surface area contributed by atoms with Gasteiger partial charge in [0.2, 0.25) is 0 Å². The second-order valence-corrected chi connectivity index (χ2v) is 3.42. The fourth-order valence-electron chi connectivity index (χ4n) is 0. The average Bonchev–Trinajstić information content (AvgIpc) is 1.31. The molecule has 0 saturated heterocycles. The summed E-state index contributed by atoms with van der Waals surface area (Å²) in [5.74, 6) is 1.26. The first-order valence-corrected chi connectivity index (χ1v) is 2.82. The Morgan fingerprint density at radius 1 is 1.29 bits per heavy atom. The van der Waals surface area contributed by atoms with E-state index in [2.05, 4.69) is 0 Å². The van der Waals surface area contributed by atoms with Gasteiger partial charge in [-0.05, 0) is 19.8 Å². The quantitative estimate of drug-likeness (QED) is 0.466. The van der Waals surface area contributed by atoms with Crippen LogP contribution in [-0.4, -0.2) is 4.87 Å². The molecule has 0 fully saturated rings. The highest BCUT2D eigenvalue weighted by Gasteiger charge is 2.17. The highest BCUT2D eigenvalue weighted by molar-refractivity contribution is 6.24. The summed E-state index contributed by atoms with van der Waals surface area (Å²) in [5, 5.41) is 0. The van der Waals surface area contributed by atoms with Gasteiger partial charge in [0, 0.05) is 4.87 Å². The largest absolute Gasteiger partial charge is 0.119 e. The Labute approximate surface area is 50.9 Å². The molecule has 1 heteroatoms. The van der Waals surface area contributed by atoms with Crippen LogP contribution in [0.15, 0.2) is 0 Å². The normalized spacial score (nSPS) is 12.9. The van der Waals surface area contributed by atoms with E-state index in [9.17, 15) is 0 Å². The van der Waals surface area contributed by atoms with Crippen molar-refractivity contribution in [1.82, 2.24) is 0 Å². The molecular weight excluding hydrogens is 108 g/mol. The number of halogens is 1. The van der Waals surface area contributed by atoms with E-state index in [0.717, 1.165) is 0 Å². The van der Waals surface area contributed by atoms with Gasteiger partial charge in [-0.3, -0.25) is 0 Å². The number of hydrogen-bond acceptors (Lipinski definition) is 0. The van der Waals surface area contributed by atoms with Gasteiger partial charge in [0.1, 0.15) is 0 Å². The number of rotatable bonds is 1. The Hall–Kier alpha value is 0.290. The lowest BCUT2D eigenvalue weighted by Crippen LogP contribution is -2.16. The first-order chi connectivity index (χ1) is 2.94. The zero-order valence-electron chi connectivity index (χ0n) is 5.38. The van der Waals surface area contributed by atoms with E-state index in [4.69, 9.17) is 11.6 Å². The molecule has 0 aliphatic rings. The smallest absolute Gasteiger partial charge is 0.0447 e. The number of alkyl halides is 1. The van der Waals surface area contributed by atoms with Crippen molar-refractivity contribution in [3.63, 3.8) is 0 Å². The van der Waals surface area contributed by atoms with Crippen molar-refractivity contribution in [2.24, 2.45) is 0 Å². The third-order valence-electron chi connectivity index (χ3n) is 1.19. The minimum Gasteiger partial charge on any atom is -0.119 e. The zero-order chi connectivity index (χ0) is 6.08. The standard InChI is InChI=1S/C6H12Cl/c1-5(2)6(3,4)7/h1-4H3. The van der Waals surface area contributed by atoms with Crippen LogP contribution in [-0.2, 0) is 0 Å². The Morgan fingerprint density at radius 2 is 1.43 bits per heavy atom. The van der Waals surface area contributed by atoms with Crippen molar-refractivity contribution in [1.29, 1.82) is 0 Å². The van der Waals surface area contributed by atoms with E-state index in [1.807, 2.05) is 27.7 Å². The molecule has 0 aromatic heterocycles. The van der Waals surface area contributed by atoms with Gasteiger partial charge in [-0.1, -0.05) is 13.8 Å². The minimum absolute atomic E-state index is 0.111. The molecule has 0 spiro atoms. The molecule has 0 amide bonds. The van der Waals surface area contributed by atoms with Crippen molar-refractivity contribution >= 4 is 11.6 Å². The molecule has 0 nitrogen and oxygen atoms in total. The Balaban J connectivity index is 3.54. The van der Waals surface area contributed by atoms with Crippen LogP contribution in [0.5, 0.6) is 0 Å². The van der Waals surface area contributed by atoms with Crippen LogP contribution < -0.4 is 0 Å². The molecule has 0 atom stereocenters. The minimum atomic E-state index is -0.111. The van der Waals surface area contributed by atoms with Gasteiger partial charge < -0.3 is 0 Å². The van der Waals surface area contributed by atoms with E-state index in [0.29, 0.717) is 0 Å². The predicted molar refractivity (Wildman–Crippen MR) is 34.5 cm³/mol. The molecule has 43 valence electrons. The van der Waals surface area contributed by atoms with Crippen molar-refractivity contribution in [2.45, 2.75) is 32.6 Å². The Morgan fingerprint density at radius 3 is 1.43 bits per heavy atom. The van der Waals surface area contributed by atoms with E-state index in [1.165, 1.54) is 5.92 Å². The lowest BCUT2D eigenvalue weighted by Gasteiger charge is -2.18. The van der Waals surface area contributed by atoms with Crippen LogP contribution >= 0.6 is 11.6 Å². The monoisotopic (exact) mass is 119 g/mol. The van der Waals surface area contributed by atoms with Gasteiger partial charge >= 0.3 is 0 Å². The summed E-state index contributed by atoms with van der Waals surface area (Å²) in [7, 11) is 0. The molecule has 0 saturated carbocycles. The van der Waals surface area contributed by atoms with Gasteiger partial charge in [-0.2, -0.15) is 0 Å². The molecule has 0 N–H and O–H groups in total. The van der Waals surface area contributed by atoms with Crippen LogP contribution in [0.25, 0.3) is 0 Å². The first-order valence-electron chi connectivity index (χ1n) is 2.44. The summed E-state index contributed by atoms with van der Waals surface area (Å²) < 4.78 is 0. The molecule has 0 unspecified atom stereocenters. The van der Waals surface area contributed by atoms with E-state index in [1.54, 1.807) is 0 Å². The van der Waals surface area contributed by atoms with Gasteiger partial charge in [0.15, 0.2) is 0 Å². The molecular formula is C6H12Cl. The molecule has 0 rings (SSSR count). The highest BCUT2D eigenvalue weighted by Crippen LogP contribution is 2.24. The van der Waals surface area contributed by atoms with Crippen LogP contribution in [0.2, 0.25) is 0 Å². The van der Waals surface area contributed by atoms with Crippen molar-refractivity contribution in [3.8, 4) is 0 Å². The summed E-state index contributed by atoms with van der Waals surface area (Å²) in [5.41, 5.74) is 0. The van der Waals surface area contributed by atoms with Crippen molar-refractivity contribution < 1.29 is 0 Å². The summed E-state index contributed by atoms with van der Waals surface area (Å²) in [4.78, 5) is -0.111. The second-order valence-electron chi connectivity index (χ2n) is 2.47. The molecule has 0 aliphatic carbocycles. The molecule has 0 heterocycles. The molecule has 0 bridgehead atoms. The fraction of sp³-hybridized carbons (Fsp3) is 0.833. The number of hydrogen-bond donors (Lipinski definition) is 0. The fourth-order valence-corrected chi connectivity index (χ4v) is 0. The predicted octanol–water partition coefficient (Wildman–Crippen LogP) is 2.62. The van der Waals surface area contributed by atoms with Gasteiger partial charge in [0.25, 0.3) is 0 Å². The van der Waals surface area contributed by atoms with Crippen molar-refractivity contribution in [2.75, 3.05) is 0 Å². The van der Waals surface area contributed by atoms with Crippen LogP contribution in [0.1, 0.15) is 27.7 Å². The summed E-state index contributed by atoms with van der Waals surface area (Å²) in [6.45, 7) is 8.05. The lowest BCUT2D eigenvalue weighted by molar-refractivity contribution is 0.713. The van der Waals surface area contributed by atoms with Crippen molar-refractivity contribution in [3.05, 3.63) is 5.92 Å². The topological polar surface area (TPSA) is 0 Å². The van der Waals surface area contributed by atoms with Gasteiger partial charge in [-0.25, -0.2) is 0 Å². The van der Waals surface area contributed by atoms with E-state index in [-0.39, 0.29) is 4.87 Å². The first kappa shape index (κ1) is 7.29. The van der Waals surface area contributed by atoms with Gasteiger partial charge in [-0.15, -0.1) is 11.6 Å². The van der Waals surface area contributed by atoms with Crippen LogP contribution in [0, 0.1) is 5.92 Å². The van der Waals surface area contributed by atoms with Gasteiger partial charge in [0.05, 0.1) is 0 Å². The third kappa shape index (κ3) is 2.93. The molecule has 0 aliphatic heterocycles. The average molecular weight is 120 g/mol. The Kier molecular flexibility index (Phi) is 2.12. The van der Waals surface area contributed by atoms with E-state index >= 15 is 0 Å². The highest BCUT2D eigenvalue weighted by atomic mass is 35.5. The molecule has 0 aromatic carbocycles. The molecule has 0 aromatic rings. The summed E-state index contributed by atoms with van der Waals surface area (Å²) >= 11 is 5.83. The second kappa shape index (κ2) is 2.04. The van der Waals surface area contributed by atoms with Crippen LogP contribution in [0.4, 0.5) is 0 Å². The van der Waals surface area contributed by atoms with Crippen LogP contribution in [0.3, 0.4) is 0 Å². The zero-order valence-corrected chi connectivity index (χ0v) is 6.13. The maximum atomic E-state index is 5.83.